The second kappa shape index (κ2) is 2.70. The summed E-state index contributed by atoms with van der Waals surface area (Å²) in [6.07, 6.45) is 1.67. The highest BCUT2D eigenvalue weighted by atomic mass is 16.3. The van der Waals surface area contributed by atoms with Gasteiger partial charge >= 0.3 is 0 Å². The number of nitrogens with zero attached hydrogens (tertiary/aromatic N) is 3. The van der Waals surface area contributed by atoms with Crippen LogP contribution in [-0.4, -0.2) is 19.7 Å². The average molecular weight is 199 g/mol. The molecule has 0 saturated heterocycles. The summed E-state index contributed by atoms with van der Waals surface area (Å²) in [6.45, 7) is 1.92. The molecule has 4 nitrogen and oxygen atoms in total. The molecule has 0 aliphatic carbocycles. The van der Waals surface area contributed by atoms with Gasteiger partial charge in [-0.25, -0.2) is 9.50 Å². The molecule has 0 amide bonds. The summed E-state index contributed by atoms with van der Waals surface area (Å²) in [4.78, 5) is 4.23. The van der Waals surface area contributed by atoms with Crippen LogP contribution in [0.4, 0.5) is 0 Å². The van der Waals surface area contributed by atoms with Crippen molar-refractivity contribution < 1.29 is 5.11 Å². The van der Waals surface area contributed by atoms with Gasteiger partial charge in [-0.05, 0) is 19.1 Å². The minimum absolute atomic E-state index is 0.232. The van der Waals surface area contributed by atoms with Crippen LogP contribution in [0.2, 0.25) is 0 Å². The highest BCUT2D eigenvalue weighted by Gasteiger charge is 2.05. The first-order chi connectivity index (χ1) is 7.25. The monoisotopic (exact) mass is 199 g/mol. The fourth-order valence-electron chi connectivity index (χ4n) is 1.74. The third-order valence-electron chi connectivity index (χ3n) is 2.43. The van der Waals surface area contributed by atoms with Gasteiger partial charge in [0.25, 0.3) is 0 Å². The number of rotatable bonds is 0. The molecule has 0 aliphatic heterocycles. The maximum absolute atomic E-state index is 9.66. The number of hydrogen-bond acceptors (Lipinski definition) is 3. The highest BCUT2D eigenvalue weighted by Crippen LogP contribution is 2.23. The number of aryl methyl sites for hydroxylation is 1. The molecular formula is C11H9N3O. The van der Waals surface area contributed by atoms with Crippen molar-refractivity contribution in [3.8, 4) is 5.75 Å². The van der Waals surface area contributed by atoms with E-state index in [1.165, 1.54) is 0 Å². The van der Waals surface area contributed by atoms with Crippen LogP contribution in [0.3, 0.4) is 0 Å². The summed E-state index contributed by atoms with van der Waals surface area (Å²) in [6, 6.07) is 7.26. The van der Waals surface area contributed by atoms with Crippen LogP contribution < -0.4 is 0 Å². The molecular weight excluding hydrogens is 190 g/mol. The van der Waals surface area contributed by atoms with Crippen molar-refractivity contribution in [2.24, 2.45) is 0 Å². The van der Waals surface area contributed by atoms with E-state index in [2.05, 4.69) is 10.1 Å². The zero-order valence-corrected chi connectivity index (χ0v) is 8.18. The first-order valence-corrected chi connectivity index (χ1v) is 4.69. The fourth-order valence-corrected chi connectivity index (χ4v) is 1.74. The molecule has 1 aromatic carbocycles. The lowest BCUT2D eigenvalue weighted by Gasteiger charge is -2.01. The van der Waals surface area contributed by atoms with E-state index >= 15 is 0 Å². The summed E-state index contributed by atoms with van der Waals surface area (Å²) >= 11 is 0. The number of fused-ring (bicyclic) bond motifs is 3. The summed E-state index contributed by atoms with van der Waals surface area (Å²) in [7, 11) is 0. The van der Waals surface area contributed by atoms with Crippen LogP contribution in [0.15, 0.2) is 30.5 Å². The van der Waals surface area contributed by atoms with Gasteiger partial charge in [-0.15, -0.1) is 0 Å². The lowest BCUT2D eigenvalue weighted by molar-refractivity contribution is 0.481. The molecule has 0 bridgehead atoms. The largest absolute Gasteiger partial charge is 0.507 e. The Kier molecular flexibility index (Phi) is 1.48. The molecule has 0 unspecified atom stereocenters. The van der Waals surface area contributed by atoms with Gasteiger partial charge in [-0.3, -0.25) is 0 Å². The Morgan fingerprint density at radius 2 is 2.20 bits per heavy atom. The van der Waals surface area contributed by atoms with Gasteiger partial charge < -0.3 is 5.11 Å². The van der Waals surface area contributed by atoms with E-state index in [1.807, 2.05) is 19.1 Å². The van der Waals surface area contributed by atoms with Gasteiger partial charge in [0.1, 0.15) is 5.75 Å². The summed E-state index contributed by atoms with van der Waals surface area (Å²) in [5.41, 5.74) is 2.58. The molecule has 0 aliphatic rings. The molecule has 0 atom stereocenters. The molecule has 4 heteroatoms. The molecule has 0 radical (unpaired) electrons. The maximum atomic E-state index is 9.66. The van der Waals surface area contributed by atoms with E-state index < -0.39 is 0 Å². The molecule has 1 N–H and O–H groups in total. The summed E-state index contributed by atoms with van der Waals surface area (Å²) < 4.78 is 1.74. The number of benzene rings is 1. The van der Waals surface area contributed by atoms with Gasteiger partial charge in [0, 0.05) is 12.3 Å². The number of phenols is 1. The lowest BCUT2D eigenvalue weighted by Crippen LogP contribution is -1.92. The molecule has 15 heavy (non-hydrogen) atoms. The van der Waals surface area contributed by atoms with Crippen LogP contribution in [-0.2, 0) is 0 Å². The Hall–Kier alpha value is -2.10. The highest BCUT2D eigenvalue weighted by molar-refractivity contribution is 5.85. The minimum atomic E-state index is 0.232. The summed E-state index contributed by atoms with van der Waals surface area (Å²) in [5.74, 6) is 0.232. The van der Waals surface area contributed by atoms with Crippen molar-refractivity contribution in [2.45, 2.75) is 6.92 Å². The number of hydrogen-bond donors (Lipinski definition) is 1. The van der Waals surface area contributed by atoms with Crippen LogP contribution in [0.25, 0.3) is 16.6 Å². The van der Waals surface area contributed by atoms with Crippen molar-refractivity contribution in [1.29, 1.82) is 0 Å². The first-order valence-electron chi connectivity index (χ1n) is 4.69. The van der Waals surface area contributed by atoms with Crippen molar-refractivity contribution in [2.75, 3.05) is 0 Å². The van der Waals surface area contributed by atoms with Gasteiger partial charge in [-0.1, -0.05) is 6.07 Å². The molecule has 74 valence electrons. The standard InChI is InChI=1S/C11H9N3O/c1-7-5-11-12-6-8-9(14(11)13-7)3-2-4-10(8)15/h2-6,15H,1H3. The minimum Gasteiger partial charge on any atom is -0.507 e. The molecule has 3 aromatic rings. The number of aromatic hydroxyl groups is 1. The third-order valence-corrected chi connectivity index (χ3v) is 2.43. The Labute approximate surface area is 85.8 Å². The normalized spacial score (nSPS) is 11.3. The zero-order valence-electron chi connectivity index (χ0n) is 8.18. The van der Waals surface area contributed by atoms with Gasteiger partial charge in [0.05, 0.1) is 16.6 Å². The predicted octanol–water partition coefficient (Wildman–Crippen LogP) is 1.90. The fraction of sp³-hybridized carbons (Fsp3) is 0.0909. The van der Waals surface area contributed by atoms with Crippen molar-refractivity contribution in [3.63, 3.8) is 0 Å². The Balaban J connectivity index is 2.59. The van der Waals surface area contributed by atoms with Crippen molar-refractivity contribution in [1.82, 2.24) is 14.6 Å². The first kappa shape index (κ1) is 8.23. The van der Waals surface area contributed by atoms with Crippen molar-refractivity contribution >= 4 is 16.6 Å². The molecule has 3 rings (SSSR count). The van der Waals surface area contributed by atoms with E-state index in [4.69, 9.17) is 0 Å². The molecule has 0 fully saturated rings. The topological polar surface area (TPSA) is 50.4 Å². The third kappa shape index (κ3) is 1.08. The Morgan fingerprint density at radius 1 is 1.33 bits per heavy atom. The van der Waals surface area contributed by atoms with Crippen LogP contribution in [0.1, 0.15) is 5.69 Å². The Morgan fingerprint density at radius 3 is 3.07 bits per heavy atom. The van der Waals surface area contributed by atoms with E-state index in [0.29, 0.717) is 5.39 Å². The van der Waals surface area contributed by atoms with Gasteiger partial charge in [0.2, 0.25) is 0 Å². The van der Waals surface area contributed by atoms with Gasteiger partial charge in [-0.2, -0.15) is 5.10 Å². The van der Waals surface area contributed by atoms with E-state index in [0.717, 1.165) is 16.9 Å². The van der Waals surface area contributed by atoms with E-state index in [-0.39, 0.29) is 5.75 Å². The second-order valence-corrected chi connectivity index (χ2v) is 3.52. The number of phenolic OH excluding ortho intramolecular Hbond substituents is 1. The van der Waals surface area contributed by atoms with E-state index in [9.17, 15) is 5.11 Å². The van der Waals surface area contributed by atoms with E-state index in [1.54, 1.807) is 22.8 Å². The maximum Gasteiger partial charge on any atom is 0.155 e. The molecule has 0 spiro atoms. The van der Waals surface area contributed by atoms with Gasteiger partial charge in [0.15, 0.2) is 5.65 Å². The quantitative estimate of drug-likeness (QED) is 0.601. The molecule has 0 saturated carbocycles. The molecule has 2 aromatic heterocycles. The molecule has 2 heterocycles. The lowest BCUT2D eigenvalue weighted by atomic mass is 10.2. The summed E-state index contributed by atoms with van der Waals surface area (Å²) in [5, 5.41) is 14.7. The average Bonchev–Trinajstić information content (AvgIpc) is 2.59. The number of aromatic nitrogens is 3. The van der Waals surface area contributed by atoms with Crippen LogP contribution in [0, 0.1) is 6.92 Å². The van der Waals surface area contributed by atoms with Crippen LogP contribution >= 0.6 is 0 Å². The zero-order chi connectivity index (χ0) is 10.4. The SMILES string of the molecule is Cc1cc2ncc3c(O)cccc3n2n1. The second-order valence-electron chi connectivity index (χ2n) is 3.52. The van der Waals surface area contributed by atoms with Crippen molar-refractivity contribution in [3.05, 3.63) is 36.2 Å². The smallest absolute Gasteiger partial charge is 0.155 e. The predicted molar refractivity (Wildman–Crippen MR) is 56.9 cm³/mol. The Bertz CT molecular complexity index is 657. The van der Waals surface area contributed by atoms with Crippen LogP contribution in [0.5, 0.6) is 5.75 Å².